The van der Waals surface area contributed by atoms with Crippen LogP contribution in [0.3, 0.4) is 0 Å². The van der Waals surface area contributed by atoms with Gasteiger partial charge in [-0.15, -0.1) is 11.3 Å². The van der Waals surface area contributed by atoms with Gasteiger partial charge in [-0.1, -0.05) is 29.8 Å². The molecule has 0 saturated carbocycles. The molecule has 1 fully saturated rings. The van der Waals surface area contributed by atoms with Crippen LogP contribution in [0.4, 0.5) is 5.13 Å². The molecule has 1 aromatic heterocycles. The molecule has 7 heteroatoms. The van der Waals surface area contributed by atoms with Crippen LogP contribution in [-0.4, -0.2) is 34.8 Å². The van der Waals surface area contributed by atoms with Crippen molar-refractivity contribution in [2.45, 2.75) is 26.3 Å². The van der Waals surface area contributed by atoms with E-state index >= 15 is 0 Å². The molecule has 0 bridgehead atoms. The highest BCUT2D eigenvalue weighted by molar-refractivity contribution is 7.14. The zero-order valence-corrected chi connectivity index (χ0v) is 18.1. The van der Waals surface area contributed by atoms with E-state index in [-0.39, 0.29) is 24.2 Å². The molecule has 3 aromatic rings. The maximum Gasteiger partial charge on any atom is 0.231 e. The van der Waals surface area contributed by atoms with Crippen molar-refractivity contribution >= 4 is 28.3 Å². The summed E-state index contributed by atoms with van der Waals surface area (Å²) >= 11 is 1.40. The van der Waals surface area contributed by atoms with Gasteiger partial charge < -0.3 is 15.0 Å². The molecule has 0 spiro atoms. The molecular weight excluding hydrogens is 410 g/mol. The van der Waals surface area contributed by atoms with Crippen molar-refractivity contribution in [2.75, 3.05) is 18.5 Å². The van der Waals surface area contributed by atoms with Gasteiger partial charge in [-0.05, 0) is 36.2 Å². The number of rotatable bonds is 5. The number of amides is 2. The third kappa shape index (κ3) is 4.18. The summed E-state index contributed by atoms with van der Waals surface area (Å²) in [6.07, 6.45) is 1.15. The molecule has 2 aliphatic rings. The predicted molar refractivity (Wildman–Crippen MR) is 120 cm³/mol. The van der Waals surface area contributed by atoms with E-state index in [1.807, 2.05) is 48.7 Å². The lowest BCUT2D eigenvalue weighted by Gasteiger charge is -2.16. The summed E-state index contributed by atoms with van der Waals surface area (Å²) in [5.74, 6) is 0.444. The van der Waals surface area contributed by atoms with Crippen molar-refractivity contribution in [1.29, 1.82) is 0 Å². The Labute approximate surface area is 184 Å². The molecule has 1 atom stereocenters. The van der Waals surface area contributed by atoms with Gasteiger partial charge in [0.15, 0.2) is 5.13 Å². The van der Waals surface area contributed by atoms with Crippen LogP contribution < -0.4 is 10.1 Å². The standard InChI is InChI=1S/C24H23N3O3S/c1-15-2-4-16(5-3-15)12-27-13-19(11-22(27)28)23(29)26-24-25-20(14-31-24)17-6-7-21-18(10-17)8-9-30-21/h2-7,10,14,19H,8-9,11-13H2,1H3,(H,25,26,29). The number of ether oxygens (including phenoxy) is 1. The Kier molecular flexibility index (Phi) is 5.19. The van der Waals surface area contributed by atoms with Crippen molar-refractivity contribution in [1.82, 2.24) is 9.88 Å². The number of aryl methyl sites for hydroxylation is 1. The van der Waals surface area contributed by atoms with Gasteiger partial charge in [0.2, 0.25) is 11.8 Å². The predicted octanol–water partition coefficient (Wildman–Crippen LogP) is 4.04. The lowest BCUT2D eigenvalue weighted by Crippen LogP contribution is -2.28. The molecule has 1 unspecified atom stereocenters. The molecular formula is C24H23N3O3S. The van der Waals surface area contributed by atoms with Gasteiger partial charge in [0.1, 0.15) is 5.75 Å². The van der Waals surface area contributed by atoms with E-state index in [1.54, 1.807) is 4.90 Å². The summed E-state index contributed by atoms with van der Waals surface area (Å²) in [7, 11) is 0. The first-order valence-corrected chi connectivity index (χ1v) is 11.3. The molecule has 2 amide bonds. The molecule has 3 heterocycles. The number of thiazole rings is 1. The third-order valence-electron chi connectivity index (χ3n) is 5.80. The van der Waals surface area contributed by atoms with E-state index in [0.29, 0.717) is 18.2 Å². The van der Waals surface area contributed by atoms with Crippen molar-refractivity contribution in [3.8, 4) is 17.0 Å². The van der Waals surface area contributed by atoms with Crippen molar-refractivity contribution in [3.63, 3.8) is 0 Å². The first kappa shape index (κ1) is 19.8. The third-order valence-corrected chi connectivity index (χ3v) is 6.56. The Bertz CT molecular complexity index is 1140. The molecule has 0 radical (unpaired) electrons. The van der Waals surface area contributed by atoms with Crippen LogP contribution >= 0.6 is 11.3 Å². The molecule has 5 rings (SSSR count). The second-order valence-electron chi connectivity index (χ2n) is 8.11. The average molecular weight is 434 g/mol. The Balaban J connectivity index is 1.22. The normalized spacial score (nSPS) is 17.5. The maximum atomic E-state index is 12.8. The second-order valence-corrected chi connectivity index (χ2v) is 8.97. The quantitative estimate of drug-likeness (QED) is 0.659. The number of likely N-dealkylation sites (tertiary alicyclic amines) is 1. The summed E-state index contributed by atoms with van der Waals surface area (Å²) in [4.78, 5) is 31.5. The van der Waals surface area contributed by atoms with Gasteiger partial charge in [-0.25, -0.2) is 4.98 Å². The number of carbonyl (C=O) groups excluding carboxylic acids is 2. The monoisotopic (exact) mass is 433 g/mol. The van der Waals surface area contributed by atoms with E-state index in [4.69, 9.17) is 4.74 Å². The fraction of sp³-hybridized carbons (Fsp3) is 0.292. The van der Waals surface area contributed by atoms with E-state index in [9.17, 15) is 9.59 Å². The first-order valence-electron chi connectivity index (χ1n) is 10.4. The first-order chi connectivity index (χ1) is 15.0. The van der Waals surface area contributed by atoms with E-state index in [2.05, 4.69) is 16.4 Å². The largest absolute Gasteiger partial charge is 0.493 e. The minimum absolute atomic E-state index is 0.0147. The van der Waals surface area contributed by atoms with Crippen LogP contribution in [-0.2, 0) is 22.6 Å². The zero-order valence-electron chi connectivity index (χ0n) is 17.3. The van der Waals surface area contributed by atoms with Gasteiger partial charge in [0.05, 0.1) is 18.2 Å². The molecule has 2 aromatic carbocycles. The number of hydrogen-bond donors (Lipinski definition) is 1. The molecule has 1 N–H and O–H groups in total. The number of anilines is 1. The van der Waals surface area contributed by atoms with Crippen LogP contribution in [0.5, 0.6) is 5.75 Å². The average Bonchev–Trinajstić information content (AvgIpc) is 3.49. The highest BCUT2D eigenvalue weighted by Gasteiger charge is 2.34. The molecule has 2 aliphatic heterocycles. The smallest absolute Gasteiger partial charge is 0.231 e. The Morgan fingerprint density at radius 2 is 2.10 bits per heavy atom. The Morgan fingerprint density at radius 1 is 1.26 bits per heavy atom. The fourth-order valence-electron chi connectivity index (χ4n) is 4.03. The van der Waals surface area contributed by atoms with Gasteiger partial charge >= 0.3 is 0 Å². The summed E-state index contributed by atoms with van der Waals surface area (Å²) in [6.45, 7) is 3.72. The summed E-state index contributed by atoms with van der Waals surface area (Å²) in [5.41, 5.74) is 5.29. The van der Waals surface area contributed by atoms with Crippen molar-refractivity contribution in [2.24, 2.45) is 5.92 Å². The van der Waals surface area contributed by atoms with E-state index in [0.717, 1.165) is 35.6 Å². The lowest BCUT2D eigenvalue weighted by atomic mass is 10.1. The summed E-state index contributed by atoms with van der Waals surface area (Å²) in [5, 5.41) is 5.40. The fourth-order valence-corrected chi connectivity index (χ4v) is 4.75. The SMILES string of the molecule is Cc1ccc(CN2CC(C(=O)Nc3nc(-c4ccc5c(c4)CCO5)cs3)CC2=O)cc1. The van der Waals surface area contributed by atoms with Crippen LogP contribution in [0, 0.1) is 12.8 Å². The Morgan fingerprint density at radius 3 is 2.94 bits per heavy atom. The Hall–Kier alpha value is -3.19. The topological polar surface area (TPSA) is 71.5 Å². The van der Waals surface area contributed by atoms with Gasteiger partial charge in [0, 0.05) is 36.9 Å². The van der Waals surface area contributed by atoms with Gasteiger partial charge in [-0.3, -0.25) is 9.59 Å². The van der Waals surface area contributed by atoms with Crippen LogP contribution in [0.2, 0.25) is 0 Å². The molecule has 31 heavy (non-hydrogen) atoms. The molecule has 0 aliphatic carbocycles. The number of benzene rings is 2. The number of nitrogens with zero attached hydrogens (tertiary/aromatic N) is 2. The van der Waals surface area contributed by atoms with Crippen LogP contribution in [0.15, 0.2) is 47.8 Å². The van der Waals surface area contributed by atoms with Crippen LogP contribution in [0.25, 0.3) is 11.3 Å². The minimum Gasteiger partial charge on any atom is -0.493 e. The number of aromatic nitrogens is 1. The van der Waals surface area contributed by atoms with Gasteiger partial charge in [-0.2, -0.15) is 0 Å². The minimum atomic E-state index is -0.359. The number of hydrogen-bond acceptors (Lipinski definition) is 5. The zero-order chi connectivity index (χ0) is 21.4. The highest BCUT2D eigenvalue weighted by atomic mass is 32.1. The summed E-state index contributed by atoms with van der Waals surface area (Å²) in [6, 6.07) is 14.2. The van der Waals surface area contributed by atoms with E-state index in [1.165, 1.54) is 22.5 Å². The highest BCUT2D eigenvalue weighted by Crippen LogP contribution is 2.32. The maximum absolute atomic E-state index is 12.8. The van der Waals surface area contributed by atoms with E-state index < -0.39 is 0 Å². The molecule has 6 nitrogen and oxygen atoms in total. The second kappa shape index (κ2) is 8.15. The van der Waals surface area contributed by atoms with Gasteiger partial charge in [0.25, 0.3) is 0 Å². The van der Waals surface area contributed by atoms with Crippen molar-refractivity contribution < 1.29 is 14.3 Å². The number of fused-ring (bicyclic) bond motifs is 1. The number of carbonyl (C=O) groups is 2. The summed E-state index contributed by atoms with van der Waals surface area (Å²) < 4.78 is 5.56. The van der Waals surface area contributed by atoms with Crippen LogP contribution in [0.1, 0.15) is 23.1 Å². The molecule has 158 valence electrons. The molecule has 1 saturated heterocycles. The number of nitrogens with one attached hydrogen (secondary N) is 1. The lowest BCUT2D eigenvalue weighted by molar-refractivity contribution is -0.128. The van der Waals surface area contributed by atoms with Crippen molar-refractivity contribution in [3.05, 3.63) is 64.5 Å².